The van der Waals surface area contributed by atoms with E-state index in [2.05, 4.69) is 36.7 Å². The smallest absolute Gasteiger partial charge is 0.286 e. The first-order valence-electron chi connectivity index (χ1n) is 10.8. The lowest BCUT2D eigenvalue weighted by atomic mass is 9.96. The van der Waals surface area contributed by atoms with E-state index in [4.69, 9.17) is 4.42 Å². The highest BCUT2D eigenvalue weighted by atomic mass is 32.2. The number of nitrogens with zero attached hydrogens (tertiary/aromatic N) is 3. The molecule has 1 aliphatic rings. The highest BCUT2D eigenvalue weighted by Crippen LogP contribution is 2.24. The van der Waals surface area contributed by atoms with Crippen molar-refractivity contribution in [3.05, 3.63) is 5.89 Å². The fourth-order valence-electron chi connectivity index (χ4n) is 3.46. The molecule has 1 heterocycles. The third-order valence-electron chi connectivity index (χ3n) is 5.17. The molecule has 1 unspecified atom stereocenters. The molecule has 1 aromatic heterocycles. The number of thioether (sulfide) groups is 1. The Bertz CT molecular complexity index is 661. The van der Waals surface area contributed by atoms with Gasteiger partial charge in [0.05, 0.1) is 39.5 Å². The van der Waals surface area contributed by atoms with Crippen LogP contribution in [0.2, 0.25) is 0 Å². The van der Waals surface area contributed by atoms with Crippen LogP contribution < -0.4 is 5.32 Å². The van der Waals surface area contributed by atoms with Crippen molar-refractivity contribution in [2.45, 2.75) is 70.1 Å². The number of amides is 1. The maximum Gasteiger partial charge on any atom is 0.286 e. The Morgan fingerprint density at radius 2 is 1.79 bits per heavy atom. The molecule has 7 nitrogen and oxygen atoms in total. The molecule has 1 fully saturated rings. The summed E-state index contributed by atoms with van der Waals surface area (Å²) in [4.78, 5) is 25.8. The molecule has 1 atom stereocenters. The summed E-state index contributed by atoms with van der Waals surface area (Å²) < 4.78 is 6.45. The van der Waals surface area contributed by atoms with Gasteiger partial charge in [0.2, 0.25) is 11.7 Å². The second-order valence-corrected chi connectivity index (χ2v) is 10.5. The molecule has 0 radical (unpaired) electrons. The van der Waals surface area contributed by atoms with E-state index in [-0.39, 0.29) is 29.4 Å². The van der Waals surface area contributed by atoms with Crippen LogP contribution in [-0.4, -0.2) is 65.9 Å². The summed E-state index contributed by atoms with van der Waals surface area (Å²) in [5, 5.41) is 11.4. The van der Waals surface area contributed by atoms with Crippen LogP contribution in [-0.2, 0) is 4.79 Å². The summed E-state index contributed by atoms with van der Waals surface area (Å²) in [7, 11) is 6.37. The number of ketones is 1. The average molecular weight is 426 g/mol. The van der Waals surface area contributed by atoms with Crippen LogP contribution in [0.3, 0.4) is 0 Å². The van der Waals surface area contributed by atoms with Gasteiger partial charge in [0, 0.05) is 5.92 Å². The highest BCUT2D eigenvalue weighted by Gasteiger charge is 2.30. The molecule has 8 heteroatoms. The van der Waals surface area contributed by atoms with Crippen LogP contribution in [0.1, 0.15) is 69.5 Å². The number of aromatic nitrogens is 2. The van der Waals surface area contributed by atoms with Crippen molar-refractivity contribution in [3.63, 3.8) is 0 Å². The first kappa shape index (κ1) is 23.9. The molecule has 1 aromatic rings. The fraction of sp³-hybridized carbons (Fsp3) is 0.810. The summed E-state index contributed by atoms with van der Waals surface area (Å²) >= 11 is 1.45. The van der Waals surface area contributed by atoms with Crippen molar-refractivity contribution in [1.82, 2.24) is 15.5 Å². The molecule has 0 aromatic carbocycles. The van der Waals surface area contributed by atoms with E-state index in [0.29, 0.717) is 11.6 Å². The third-order valence-corrected chi connectivity index (χ3v) is 5.97. The fourth-order valence-corrected chi connectivity index (χ4v) is 4.51. The SMILES string of the molecule is CC(C)CC(NC(=O)C1CCCCCC1)C(=O)c1nnc(SCC[N+](C)(C)C)o1. The van der Waals surface area contributed by atoms with Crippen molar-refractivity contribution in [2.75, 3.05) is 33.4 Å². The Morgan fingerprint density at radius 1 is 1.14 bits per heavy atom. The zero-order valence-electron chi connectivity index (χ0n) is 18.6. The predicted molar refractivity (Wildman–Crippen MR) is 115 cm³/mol. The molecule has 1 saturated carbocycles. The number of nitrogens with one attached hydrogen (secondary N) is 1. The van der Waals surface area contributed by atoms with E-state index in [0.717, 1.165) is 42.5 Å². The zero-order valence-corrected chi connectivity index (χ0v) is 19.4. The molecular formula is C21H37N4O3S+. The van der Waals surface area contributed by atoms with Crippen molar-refractivity contribution >= 4 is 23.5 Å². The summed E-state index contributed by atoms with van der Waals surface area (Å²) in [6, 6.07) is -0.615. The molecule has 1 N–H and O–H groups in total. The normalized spacial score (nSPS) is 17.2. The Morgan fingerprint density at radius 3 is 2.38 bits per heavy atom. The average Bonchev–Trinajstić information content (AvgIpc) is 2.91. The molecule has 2 rings (SSSR count). The molecular weight excluding hydrogens is 388 g/mol. The molecule has 0 bridgehead atoms. The lowest BCUT2D eigenvalue weighted by molar-refractivity contribution is -0.867. The predicted octanol–water partition coefficient (Wildman–Crippen LogP) is 3.55. The number of Topliss-reactive ketones (excluding diaryl/α,β-unsaturated/α-hetero) is 1. The Balaban J connectivity index is 1.99. The molecule has 0 aliphatic heterocycles. The Hall–Kier alpha value is -1.41. The number of carbonyl (C=O) groups excluding carboxylic acids is 2. The monoisotopic (exact) mass is 425 g/mol. The van der Waals surface area contributed by atoms with Gasteiger partial charge < -0.3 is 14.2 Å². The van der Waals surface area contributed by atoms with Gasteiger partial charge >= 0.3 is 0 Å². The third kappa shape index (κ3) is 8.46. The van der Waals surface area contributed by atoms with Gasteiger partial charge in [-0.25, -0.2) is 0 Å². The quantitative estimate of drug-likeness (QED) is 0.267. The van der Waals surface area contributed by atoms with E-state index in [1.807, 2.05) is 13.8 Å². The Kier molecular flexibility index (Phi) is 9.14. The van der Waals surface area contributed by atoms with Gasteiger partial charge in [0.15, 0.2) is 0 Å². The minimum absolute atomic E-state index is 0.00397. The standard InChI is InChI=1S/C21H36N4O3S/c1-15(2)14-17(22-19(27)16-10-8-6-7-9-11-16)18(26)20-23-24-21(28-20)29-13-12-25(3,4)5/h15-17H,6-14H2,1-5H3/p+1. The van der Waals surface area contributed by atoms with E-state index in [1.165, 1.54) is 24.6 Å². The van der Waals surface area contributed by atoms with Crippen LogP contribution in [0.25, 0.3) is 0 Å². The van der Waals surface area contributed by atoms with Gasteiger partial charge in [-0.05, 0) is 25.2 Å². The van der Waals surface area contributed by atoms with Crippen LogP contribution >= 0.6 is 11.8 Å². The van der Waals surface area contributed by atoms with Crippen molar-refractivity contribution in [3.8, 4) is 0 Å². The van der Waals surface area contributed by atoms with Gasteiger partial charge in [-0.2, -0.15) is 0 Å². The van der Waals surface area contributed by atoms with Gasteiger partial charge in [0.25, 0.3) is 11.1 Å². The number of quaternary nitrogens is 1. The maximum absolute atomic E-state index is 13.0. The van der Waals surface area contributed by atoms with Crippen molar-refractivity contribution in [1.29, 1.82) is 0 Å². The lowest BCUT2D eigenvalue weighted by Crippen LogP contribution is -2.44. The molecule has 1 amide bonds. The summed E-state index contributed by atoms with van der Waals surface area (Å²) in [5.74, 6) is 0.788. The van der Waals surface area contributed by atoms with Crippen molar-refractivity contribution in [2.24, 2.45) is 11.8 Å². The number of hydrogen-bond donors (Lipinski definition) is 1. The second kappa shape index (κ2) is 11.1. The van der Waals surface area contributed by atoms with Gasteiger partial charge in [-0.1, -0.05) is 51.3 Å². The van der Waals surface area contributed by atoms with Gasteiger partial charge in [0.1, 0.15) is 0 Å². The topological polar surface area (TPSA) is 85.1 Å². The summed E-state index contributed by atoms with van der Waals surface area (Å²) in [6.45, 7) is 5.03. The Labute approximate surface area is 179 Å². The molecule has 0 spiro atoms. The second-order valence-electron chi connectivity index (χ2n) is 9.48. The van der Waals surface area contributed by atoms with Gasteiger partial charge in [-0.3, -0.25) is 9.59 Å². The van der Waals surface area contributed by atoms with Gasteiger partial charge in [-0.15, -0.1) is 10.2 Å². The summed E-state index contributed by atoms with van der Waals surface area (Å²) in [6.07, 6.45) is 6.91. The number of carbonyl (C=O) groups is 2. The molecule has 0 saturated heterocycles. The van der Waals surface area contributed by atoms with Crippen LogP contribution in [0.4, 0.5) is 0 Å². The molecule has 164 valence electrons. The maximum atomic E-state index is 13.0. The largest absolute Gasteiger partial charge is 0.408 e. The number of hydrogen-bond acceptors (Lipinski definition) is 6. The van der Waals surface area contributed by atoms with E-state index in [1.54, 1.807) is 0 Å². The first-order chi connectivity index (χ1) is 13.7. The van der Waals surface area contributed by atoms with Crippen LogP contribution in [0.15, 0.2) is 9.64 Å². The minimum atomic E-state index is -0.615. The highest BCUT2D eigenvalue weighted by molar-refractivity contribution is 7.99. The first-order valence-corrected chi connectivity index (χ1v) is 11.8. The lowest BCUT2D eigenvalue weighted by Gasteiger charge is -2.22. The minimum Gasteiger partial charge on any atom is -0.408 e. The van der Waals surface area contributed by atoms with E-state index in [9.17, 15) is 9.59 Å². The van der Waals surface area contributed by atoms with E-state index >= 15 is 0 Å². The van der Waals surface area contributed by atoms with Crippen LogP contribution in [0, 0.1) is 11.8 Å². The number of rotatable bonds is 10. The summed E-state index contributed by atoms with van der Waals surface area (Å²) in [5.41, 5.74) is 0. The molecule has 29 heavy (non-hydrogen) atoms. The van der Waals surface area contributed by atoms with Crippen molar-refractivity contribution < 1.29 is 18.5 Å². The van der Waals surface area contributed by atoms with E-state index < -0.39 is 6.04 Å². The molecule has 1 aliphatic carbocycles. The van der Waals surface area contributed by atoms with Crippen LogP contribution in [0.5, 0.6) is 0 Å². The zero-order chi connectivity index (χ0) is 21.4.